The van der Waals surface area contributed by atoms with Crippen molar-refractivity contribution in [2.24, 2.45) is 40.9 Å². The van der Waals surface area contributed by atoms with Crippen molar-refractivity contribution in [2.75, 3.05) is 6.61 Å². The molecule has 1 aromatic rings. The molecular formula is C34H49NO5. The predicted molar refractivity (Wildman–Crippen MR) is 157 cm³/mol. The van der Waals surface area contributed by atoms with Crippen LogP contribution in [-0.4, -0.2) is 40.3 Å². The fraction of sp³-hybridized carbons (Fsp3) is 0.647. The predicted octanol–water partition coefficient (Wildman–Crippen LogP) is 5.97. The fourth-order valence-electron chi connectivity index (χ4n) is 8.10. The van der Waals surface area contributed by atoms with Gasteiger partial charge in [-0.2, -0.15) is 0 Å². The summed E-state index contributed by atoms with van der Waals surface area (Å²) in [6.45, 7) is 15.3. The lowest BCUT2D eigenvalue weighted by molar-refractivity contribution is -0.148. The first-order valence-electron chi connectivity index (χ1n) is 15.2. The van der Waals surface area contributed by atoms with Gasteiger partial charge in [-0.15, -0.1) is 0 Å². The fourth-order valence-corrected chi connectivity index (χ4v) is 8.10. The van der Waals surface area contributed by atoms with Crippen LogP contribution < -0.4 is 5.32 Å². The van der Waals surface area contributed by atoms with E-state index in [1.54, 1.807) is 24.3 Å². The van der Waals surface area contributed by atoms with Crippen LogP contribution in [0.2, 0.25) is 0 Å². The number of hydrogen-bond donors (Lipinski definition) is 3. The van der Waals surface area contributed by atoms with Crippen molar-refractivity contribution in [1.29, 1.82) is 0 Å². The zero-order valence-corrected chi connectivity index (χ0v) is 25.4. The molecule has 3 aliphatic rings. The number of benzene rings is 1. The van der Waals surface area contributed by atoms with Gasteiger partial charge in [0.05, 0.1) is 0 Å². The molecule has 6 nitrogen and oxygen atoms in total. The Morgan fingerprint density at radius 3 is 2.50 bits per heavy atom. The van der Waals surface area contributed by atoms with Crippen LogP contribution in [0.25, 0.3) is 0 Å². The molecule has 0 spiro atoms. The second-order valence-electron chi connectivity index (χ2n) is 13.2. The summed E-state index contributed by atoms with van der Waals surface area (Å²) in [7, 11) is 0. The summed E-state index contributed by atoms with van der Waals surface area (Å²) < 4.78 is 6.06. The summed E-state index contributed by atoms with van der Waals surface area (Å²) in [5, 5.41) is 24.3. The van der Waals surface area contributed by atoms with Gasteiger partial charge in [0, 0.05) is 24.9 Å². The maximum Gasteiger partial charge on any atom is 0.235 e. The Hall–Kier alpha value is -2.44. The van der Waals surface area contributed by atoms with E-state index in [0.717, 1.165) is 31.2 Å². The van der Waals surface area contributed by atoms with E-state index in [0.29, 0.717) is 11.8 Å². The Balaban J connectivity index is 1.76. The van der Waals surface area contributed by atoms with Gasteiger partial charge in [0.25, 0.3) is 0 Å². The molecule has 40 heavy (non-hydrogen) atoms. The Labute approximate surface area is 240 Å². The van der Waals surface area contributed by atoms with Crippen LogP contribution in [0.15, 0.2) is 47.6 Å². The molecule has 6 heteroatoms. The van der Waals surface area contributed by atoms with E-state index in [1.807, 2.05) is 6.92 Å². The van der Waals surface area contributed by atoms with E-state index >= 15 is 0 Å². The van der Waals surface area contributed by atoms with E-state index in [2.05, 4.69) is 59.0 Å². The monoisotopic (exact) mass is 551 g/mol. The highest BCUT2D eigenvalue weighted by molar-refractivity contribution is 6.05. The topological polar surface area (TPSA) is 95.9 Å². The van der Waals surface area contributed by atoms with Crippen molar-refractivity contribution in [1.82, 2.24) is 5.32 Å². The number of fused-ring (bicyclic) bond motifs is 1. The average molecular weight is 552 g/mol. The minimum atomic E-state index is -1.73. The highest BCUT2D eigenvalue weighted by Gasteiger charge is 2.60. The van der Waals surface area contributed by atoms with Gasteiger partial charge >= 0.3 is 0 Å². The van der Waals surface area contributed by atoms with E-state index in [4.69, 9.17) is 4.74 Å². The Kier molecular flexibility index (Phi) is 9.01. The highest BCUT2D eigenvalue weighted by Crippen LogP contribution is 2.57. The highest BCUT2D eigenvalue weighted by atomic mass is 16.5. The van der Waals surface area contributed by atoms with Gasteiger partial charge in [0.1, 0.15) is 17.8 Å². The number of phenols is 1. The molecule has 2 aliphatic carbocycles. The van der Waals surface area contributed by atoms with Crippen LogP contribution >= 0.6 is 0 Å². The number of carbonyl (C=O) groups excluding carboxylic acids is 2. The van der Waals surface area contributed by atoms with Crippen LogP contribution in [0.1, 0.15) is 79.7 Å². The maximum absolute atomic E-state index is 14.8. The molecule has 2 fully saturated rings. The molecule has 0 unspecified atom stereocenters. The summed E-state index contributed by atoms with van der Waals surface area (Å²) in [5.74, 6) is -0.904. The number of aliphatic hydroxyl groups is 1. The third-order valence-corrected chi connectivity index (χ3v) is 9.92. The molecule has 1 aliphatic heterocycles. The Morgan fingerprint density at radius 2 is 1.88 bits per heavy atom. The molecule has 220 valence electrons. The van der Waals surface area contributed by atoms with E-state index in [1.165, 1.54) is 11.1 Å². The van der Waals surface area contributed by atoms with Crippen LogP contribution in [-0.2, 0) is 20.7 Å². The van der Waals surface area contributed by atoms with Crippen LogP contribution in [0.3, 0.4) is 0 Å². The number of amides is 1. The minimum Gasteiger partial charge on any atom is -0.508 e. The average Bonchev–Trinajstić information content (AvgIpc) is 3.12. The Bertz CT molecular complexity index is 1160. The van der Waals surface area contributed by atoms with Gasteiger partial charge in [-0.3, -0.25) is 9.59 Å². The van der Waals surface area contributed by atoms with Crippen molar-refractivity contribution in [3.8, 4) is 5.75 Å². The first kappa shape index (κ1) is 30.5. The van der Waals surface area contributed by atoms with Crippen LogP contribution in [0.5, 0.6) is 5.75 Å². The number of nitrogens with one attached hydrogen (secondary N) is 1. The summed E-state index contributed by atoms with van der Waals surface area (Å²) in [6.07, 6.45) is 7.84. The summed E-state index contributed by atoms with van der Waals surface area (Å²) >= 11 is 0. The number of rotatable bonds is 9. The molecule has 9 atom stereocenters. The molecule has 1 amide bonds. The van der Waals surface area contributed by atoms with Gasteiger partial charge in [0.2, 0.25) is 5.91 Å². The van der Waals surface area contributed by atoms with Crippen molar-refractivity contribution in [2.45, 2.75) is 92.4 Å². The van der Waals surface area contributed by atoms with Crippen LogP contribution in [0.4, 0.5) is 0 Å². The number of aromatic hydroxyl groups is 1. The van der Waals surface area contributed by atoms with Gasteiger partial charge < -0.3 is 20.3 Å². The van der Waals surface area contributed by atoms with Crippen LogP contribution in [0, 0.1) is 40.9 Å². The SMILES string of the molecule is CCO[C@@H]1[C@@H](C(=O)[C@H]2[C@@H](/C(C)=C/[C@H](C)CC)C(C)=C[C@@]3(C)C[C@@H](C)CC[C@H]23)C(=O)N[C@@]1(O)Cc1ccc(O)cc1. The number of ketones is 1. The number of phenolic OH excluding ortho intramolecular Hbond substituents is 1. The Morgan fingerprint density at radius 1 is 1.20 bits per heavy atom. The molecular weight excluding hydrogens is 502 g/mol. The standard InChI is InChI=1S/C34H49NO5/c1-8-20(3)16-22(5)27-23(6)18-33(7)17-21(4)10-15-26(33)28(27)30(37)29-31(40-9-2)34(39,35-32(29)38)19-24-11-13-25(36)14-12-24/h11-14,16,18,20-21,26-29,31,36,39H,8-10,15,17,19H2,1-7H3,(H,35,38)/b22-16+/t20-,21+,26-,27+,28-,29-,31-,33-,34-/m1/s1. The van der Waals surface area contributed by atoms with Gasteiger partial charge in [0.15, 0.2) is 11.5 Å². The first-order valence-corrected chi connectivity index (χ1v) is 15.2. The third-order valence-electron chi connectivity index (χ3n) is 9.92. The van der Waals surface area contributed by atoms with Gasteiger partial charge in [-0.1, -0.05) is 76.0 Å². The van der Waals surface area contributed by atoms with E-state index in [9.17, 15) is 19.8 Å². The number of allylic oxidation sites excluding steroid dienone is 4. The normalized spacial score (nSPS) is 37.0. The number of ether oxygens (including phenoxy) is 1. The second-order valence-corrected chi connectivity index (χ2v) is 13.2. The smallest absolute Gasteiger partial charge is 0.235 e. The summed E-state index contributed by atoms with van der Waals surface area (Å²) in [6, 6.07) is 6.51. The third kappa shape index (κ3) is 5.80. The molecule has 0 bridgehead atoms. The lowest BCUT2D eigenvalue weighted by Gasteiger charge is -2.52. The molecule has 1 aromatic carbocycles. The summed E-state index contributed by atoms with van der Waals surface area (Å²) in [5.41, 5.74) is 1.27. The zero-order chi connectivity index (χ0) is 29.4. The number of carbonyl (C=O) groups is 2. The number of hydrogen-bond acceptors (Lipinski definition) is 5. The van der Waals surface area contributed by atoms with Gasteiger partial charge in [-0.25, -0.2) is 0 Å². The quantitative estimate of drug-likeness (QED) is 0.260. The van der Waals surface area contributed by atoms with Crippen molar-refractivity contribution in [3.05, 3.63) is 53.1 Å². The van der Waals surface area contributed by atoms with Gasteiger partial charge in [-0.05, 0) is 74.5 Å². The lowest BCUT2D eigenvalue weighted by atomic mass is 9.51. The van der Waals surface area contributed by atoms with Crippen molar-refractivity contribution in [3.63, 3.8) is 0 Å². The summed E-state index contributed by atoms with van der Waals surface area (Å²) in [4.78, 5) is 28.5. The lowest BCUT2D eigenvalue weighted by Crippen LogP contribution is -2.54. The minimum absolute atomic E-state index is 0.0751. The zero-order valence-electron chi connectivity index (χ0n) is 25.4. The van der Waals surface area contributed by atoms with E-state index in [-0.39, 0.29) is 47.7 Å². The molecule has 1 heterocycles. The molecule has 1 saturated carbocycles. The van der Waals surface area contributed by atoms with Crippen molar-refractivity contribution >= 4 is 11.7 Å². The molecule has 0 aromatic heterocycles. The molecule has 1 saturated heterocycles. The van der Waals surface area contributed by atoms with Crippen molar-refractivity contribution < 1.29 is 24.5 Å². The molecule has 4 rings (SSSR count). The van der Waals surface area contributed by atoms with E-state index < -0.39 is 23.7 Å². The first-order chi connectivity index (χ1) is 18.8. The second kappa shape index (κ2) is 11.8. The largest absolute Gasteiger partial charge is 0.508 e. The molecule has 0 radical (unpaired) electrons. The maximum atomic E-state index is 14.8. The number of Topliss-reactive ketones (excluding diaryl/α,β-unsaturated/α-hetero) is 1. The molecule has 3 N–H and O–H groups in total.